The fourth-order valence-corrected chi connectivity index (χ4v) is 5.58. The van der Waals surface area contributed by atoms with Crippen molar-refractivity contribution in [3.05, 3.63) is 47.5 Å². The third kappa shape index (κ3) is 4.40. The summed E-state index contributed by atoms with van der Waals surface area (Å²) >= 11 is 0. The molecule has 0 saturated carbocycles. The maximum atomic E-state index is 12.4. The van der Waals surface area contributed by atoms with Crippen molar-refractivity contribution in [2.24, 2.45) is 0 Å². The Balaban J connectivity index is 1.29. The van der Waals surface area contributed by atoms with Crippen molar-refractivity contribution in [2.45, 2.75) is 29.1 Å². The SMILES string of the molecule is O=S(=O)(NCCCNS(=O)(=O)c1ccc2c(c1)CCO2)c1ccc2c(c1)CCO2. The van der Waals surface area contributed by atoms with E-state index in [1.165, 1.54) is 12.1 Å². The minimum Gasteiger partial charge on any atom is -0.493 e. The first-order valence-electron chi connectivity index (χ1n) is 9.36. The molecule has 0 atom stereocenters. The van der Waals surface area contributed by atoms with Crippen molar-refractivity contribution >= 4 is 20.0 Å². The van der Waals surface area contributed by atoms with Gasteiger partial charge in [0.25, 0.3) is 0 Å². The maximum Gasteiger partial charge on any atom is 0.240 e. The highest BCUT2D eigenvalue weighted by molar-refractivity contribution is 7.89. The third-order valence-electron chi connectivity index (χ3n) is 4.88. The smallest absolute Gasteiger partial charge is 0.240 e. The summed E-state index contributed by atoms with van der Waals surface area (Å²) in [5, 5.41) is 0. The molecule has 4 rings (SSSR count). The molecule has 2 aromatic rings. The van der Waals surface area contributed by atoms with Crippen LogP contribution >= 0.6 is 0 Å². The van der Waals surface area contributed by atoms with Gasteiger partial charge in [-0.15, -0.1) is 0 Å². The molecular weight excluding hydrogens is 416 g/mol. The molecule has 2 heterocycles. The monoisotopic (exact) mass is 438 g/mol. The molecule has 0 spiro atoms. The molecule has 10 heteroatoms. The van der Waals surface area contributed by atoms with Crippen LogP contribution in [0, 0.1) is 0 Å². The van der Waals surface area contributed by atoms with Crippen LogP contribution in [0.4, 0.5) is 0 Å². The molecule has 2 aliphatic rings. The molecule has 2 aromatic carbocycles. The first-order chi connectivity index (χ1) is 13.9. The van der Waals surface area contributed by atoms with E-state index < -0.39 is 20.0 Å². The van der Waals surface area contributed by atoms with Crippen molar-refractivity contribution in [2.75, 3.05) is 26.3 Å². The lowest BCUT2D eigenvalue weighted by atomic mass is 10.2. The lowest BCUT2D eigenvalue weighted by Crippen LogP contribution is -2.30. The molecule has 0 radical (unpaired) electrons. The Morgan fingerprint density at radius 2 is 1.17 bits per heavy atom. The van der Waals surface area contributed by atoms with Gasteiger partial charge in [-0.25, -0.2) is 26.3 Å². The van der Waals surface area contributed by atoms with Gasteiger partial charge in [0.2, 0.25) is 20.0 Å². The van der Waals surface area contributed by atoms with E-state index in [9.17, 15) is 16.8 Å². The van der Waals surface area contributed by atoms with Crippen LogP contribution in [0.25, 0.3) is 0 Å². The Labute approximate surface area is 170 Å². The zero-order chi connectivity index (χ0) is 20.5. The van der Waals surface area contributed by atoms with Gasteiger partial charge in [0, 0.05) is 25.9 Å². The minimum atomic E-state index is -3.65. The highest BCUT2D eigenvalue weighted by Gasteiger charge is 2.20. The second kappa shape index (κ2) is 7.94. The van der Waals surface area contributed by atoms with Gasteiger partial charge in [-0.3, -0.25) is 0 Å². The van der Waals surface area contributed by atoms with Crippen LogP contribution in [0.5, 0.6) is 11.5 Å². The van der Waals surface area contributed by atoms with Gasteiger partial charge in [-0.05, 0) is 53.9 Å². The normalized spacial score (nSPS) is 15.4. The Morgan fingerprint density at radius 1 is 0.724 bits per heavy atom. The molecule has 2 N–H and O–H groups in total. The quantitative estimate of drug-likeness (QED) is 0.600. The van der Waals surface area contributed by atoms with Crippen LogP contribution in [-0.4, -0.2) is 43.1 Å². The summed E-state index contributed by atoms with van der Waals surface area (Å²) in [5.41, 5.74) is 1.75. The van der Waals surface area contributed by atoms with Gasteiger partial charge in [0.05, 0.1) is 23.0 Å². The van der Waals surface area contributed by atoms with E-state index in [0.717, 1.165) is 22.6 Å². The van der Waals surface area contributed by atoms with Gasteiger partial charge < -0.3 is 9.47 Å². The van der Waals surface area contributed by atoms with Crippen LogP contribution < -0.4 is 18.9 Å². The number of hydrogen-bond acceptors (Lipinski definition) is 6. The zero-order valence-corrected chi connectivity index (χ0v) is 17.3. The predicted octanol–water partition coefficient (Wildman–Crippen LogP) is 1.20. The zero-order valence-electron chi connectivity index (χ0n) is 15.7. The number of nitrogens with one attached hydrogen (secondary N) is 2. The fraction of sp³-hybridized carbons (Fsp3) is 0.368. The van der Waals surface area contributed by atoms with Crippen LogP contribution in [-0.2, 0) is 32.9 Å². The summed E-state index contributed by atoms with van der Waals surface area (Å²) < 4.78 is 65.5. The first kappa shape index (κ1) is 20.1. The largest absolute Gasteiger partial charge is 0.493 e. The number of ether oxygens (including phenoxy) is 2. The average Bonchev–Trinajstić information content (AvgIpc) is 3.35. The second-order valence-corrected chi connectivity index (χ2v) is 10.4. The molecule has 29 heavy (non-hydrogen) atoms. The second-order valence-electron chi connectivity index (χ2n) is 6.89. The van der Waals surface area contributed by atoms with Crippen molar-refractivity contribution in [3.8, 4) is 11.5 Å². The Kier molecular flexibility index (Phi) is 5.52. The van der Waals surface area contributed by atoms with E-state index >= 15 is 0 Å². The van der Waals surface area contributed by atoms with Gasteiger partial charge in [0.1, 0.15) is 11.5 Å². The van der Waals surface area contributed by atoms with E-state index in [4.69, 9.17) is 9.47 Å². The van der Waals surface area contributed by atoms with E-state index in [-0.39, 0.29) is 22.9 Å². The topological polar surface area (TPSA) is 111 Å². The number of rotatable bonds is 8. The first-order valence-corrected chi connectivity index (χ1v) is 12.3. The molecule has 0 fully saturated rings. The van der Waals surface area contributed by atoms with Crippen LogP contribution in [0.3, 0.4) is 0 Å². The number of sulfonamides is 2. The van der Waals surface area contributed by atoms with E-state index in [1.807, 2.05) is 0 Å². The molecule has 8 nitrogen and oxygen atoms in total. The lowest BCUT2D eigenvalue weighted by molar-refractivity contribution is 0.356. The lowest BCUT2D eigenvalue weighted by Gasteiger charge is -2.10. The molecule has 0 aliphatic carbocycles. The van der Waals surface area contributed by atoms with Crippen molar-refractivity contribution in [1.29, 1.82) is 0 Å². The predicted molar refractivity (Wildman–Crippen MR) is 106 cm³/mol. The van der Waals surface area contributed by atoms with Gasteiger partial charge in [-0.2, -0.15) is 0 Å². The number of hydrogen-bond donors (Lipinski definition) is 2. The molecule has 2 aliphatic heterocycles. The molecule has 0 unspecified atom stereocenters. The summed E-state index contributed by atoms with van der Waals surface area (Å²) in [7, 11) is -7.31. The van der Waals surface area contributed by atoms with Crippen LogP contribution in [0.15, 0.2) is 46.2 Å². The van der Waals surface area contributed by atoms with Crippen molar-refractivity contribution in [1.82, 2.24) is 9.44 Å². The standard InChI is InChI=1S/C19H22N2O6S2/c22-28(23,16-2-4-18-14(12-16)6-10-26-18)20-8-1-9-21-29(24,25)17-3-5-19-15(13-17)7-11-27-19/h2-5,12-13,20-21H,1,6-11H2. The highest BCUT2D eigenvalue weighted by Crippen LogP contribution is 2.28. The maximum absolute atomic E-state index is 12.4. The summed E-state index contributed by atoms with van der Waals surface area (Å²) in [6.07, 6.45) is 1.70. The Morgan fingerprint density at radius 3 is 1.62 bits per heavy atom. The molecule has 156 valence electrons. The fourth-order valence-electron chi connectivity index (χ4n) is 3.33. The summed E-state index contributed by atoms with van der Waals surface area (Å²) in [5.74, 6) is 1.44. The average molecular weight is 439 g/mol. The van der Waals surface area contributed by atoms with Crippen LogP contribution in [0.1, 0.15) is 17.5 Å². The van der Waals surface area contributed by atoms with Gasteiger partial charge in [0.15, 0.2) is 0 Å². The third-order valence-corrected chi connectivity index (χ3v) is 7.80. The van der Waals surface area contributed by atoms with Gasteiger partial charge in [-0.1, -0.05) is 0 Å². The van der Waals surface area contributed by atoms with E-state index in [2.05, 4.69) is 9.44 Å². The number of fused-ring (bicyclic) bond motifs is 2. The molecule has 0 saturated heterocycles. The molecule has 0 amide bonds. The summed E-state index contributed by atoms with van der Waals surface area (Å²) in [4.78, 5) is 0.366. The van der Waals surface area contributed by atoms with Crippen molar-refractivity contribution in [3.63, 3.8) is 0 Å². The van der Waals surface area contributed by atoms with Gasteiger partial charge >= 0.3 is 0 Å². The number of benzene rings is 2. The molecular formula is C19H22N2O6S2. The highest BCUT2D eigenvalue weighted by atomic mass is 32.2. The van der Waals surface area contributed by atoms with E-state index in [0.29, 0.717) is 32.5 Å². The summed E-state index contributed by atoms with van der Waals surface area (Å²) in [6.45, 7) is 1.36. The van der Waals surface area contributed by atoms with Crippen LogP contribution in [0.2, 0.25) is 0 Å². The Hall–Kier alpha value is -2.14. The van der Waals surface area contributed by atoms with E-state index in [1.54, 1.807) is 24.3 Å². The summed E-state index contributed by atoms with van der Waals surface area (Å²) in [6, 6.07) is 9.56. The van der Waals surface area contributed by atoms with Crippen molar-refractivity contribution < 1.29 is 26.3 Å². The molecule has 0 bridgehead atoms. The minimum absolute atomic E-state index is 0.121. The molecule has 0 aromatic heterocycles. The Bertz CT molecular complexity index is 1040.